The maximum absolute atomic E-state index is 11.0. The van der Waals surface area contributed by atoms with Gasteiger partial charge in [-0.3, -0.25) is 19.5 Å². The summed E-state index contributed by atoms with van der Waals surface area (Å²) < 4.78 is 10.6. The van der Waals surface area contributed by atoms with Crippen LogP contribution in [0.2, 0.25) is 0 Å². The van der Waals surface area contributed by atoms with Crippen molar-refractivity contribution in [2.45, 2.75) is 12.1 Å². The third kappa shape index (κ3) is 10.2. The zero-order valence-electron chi connectivity index (χ0n) is 9.76. The summed E-state index contributed by atoms with van der Waals surface area (Å²) in [6.45, 7) is 0. The zero-order chi connectivity index (χ0) is 15.1. The number of hydrogen-bond donors (Lipinski definition) is 6. The van der Waals surface area contributed by atoms with Crippen molar-refractivity contribution in [2.75, 3.05) is 17.8 Å². The van der Waals surface area contributed by atoms with Gasteiger partial charge in [-0.15, -0.1) is 0 Å². The molecule has 0 aromatic rings. The van der Waals surface area contributed by atoms with Gasteiger partial charge in [-0.1, -0.05) is 21.6 Å². The molecule has 0 rings (SSSR count). The number of nitrogens with one attached hydrogen (secondary N) is 1. The SMILES string of the molecule is NC(=O)C(CSSCC(N)C(=O)O)NCP(=O)(O)O. The summed E-state index contributed by atoms with van der Waals surface area (Å²) in [5.41, 5.74) is 10.3. The molecule has 0 aliphatic heterocycles. The van der Waals surface area contributed by atoms with Crippen molar-refractivity contribution in [1.82, 2.24) is 5.32 Å². The molecule has 0 saturated carbocycles. The molecule has 0 fully saturated rings. The molecule has 8 N–H and O–H groups in total. The topological polar surface area (TPSA) is 176 Å². The molecule has 0 aliphatic carbocycles. The van der Waals surface area contributed by atoms with E-state index < -0.39 is 37.8 Å². The van der Waals surface area contributed by atoms with E-state index in [0.717, 1.165) is 21.6 Å². The smallest absolute Gasteiger partial charge is 0.339 e. The Hall–Kier alpha value is -0.290. The monoisotopic (exact) mass is 333 g/mol. The van der Waals surface area contributed by atoms with Crippen LogP contribution in [-0.4, -0.2) is 56.6 Å². The molecule has 0 aliphatic rings. The van der Waals surface area contributed by atoms with Crippen LogP contribution in [0.15, 0.2) is 0 Å². The summed E-state index contributed by atoms with van der Waals surface area (Å²) in [5.74, 6) is -1.58. The Morgan fingerprint density at radius 2 is 1.79 bits per heavy atom. The summed E-state index contributed by atoms with van der Waals surface area (Å²) in [6, 6.07) is -1.92. The van der Waals surface area contributed by atoms with E-state index in [1.165, 1.54) is 0 Å². The minimum absolute atomic E-state index is 0.143. The largest absolute Gasteiger partial charge is 0.480 e. The minimum Gasteiger partial charge on any atom is -0.480 e. The molecule has 9 nitrogen and oxygen atoms in total. The van der Waals surface area contributed by atoms with Crippen molar-refractivity contribution in [3.05, 3.63) is 0 Å². The predicted molar refractivity (Wildman–Crippen MR) is 73.6 cm³/mol. The first-order valence-corrected chi connectivity index (χ1v) is 9.22. The Balaban J connectivity index is 3.99. The second-order valence-electron chi connectivity index (χ2n) is 3.50. The quantitative estimate of drug-likeness (QED) is 0.154. The van der Waals surface area contributed by atoms with Gasteiger partial charge in [0.05, 0.1) is 12.3 Å². The first-order valence-electron chi connectivity index (χ1n) is 4.93. The molecule has 12 heteroatoms. The summed E-state index contributed by atoms with van der Waals surface area (Å²) in [6.07, 6.45) is -0.652. The Morgan fingerprint density at radius 1 is 1.26 bits per heavy atom. The van der Waals surface area contributed by atoms with E-state index in [1.807, 2.05) is 0 Å². The second kappa shape index (κ2) is 8.80. The molecule has 0 radical (unpaired) electrons. The van der Waals surface area contributed by atoms with Gasteiger partial charge in [-0.05, 0) is 0 Å². The standard InChI is InChI=1S/C7H16N3O6PS2/c8-4(7(12)13)1-18-19-2-5(6(9)11)10-3-17(14,15)16/h4-5,10H,1-3,8H2,(H2,9,11)(H,12,13)(H2,14,15,16). The van der Waals surface area contributed by atoms with E-state index in [-0.39, 0.29) is 11.5 Å². The Labute approximate surface area is 117 Å². The number of primary amides is 1. The fraction of sp³-hybridized carbons (Fsp3) is 0.714. The maximum Gasteiger partial charge on any atom is 0.339 e. The van der Waals surface area contributed by atoms with E-state index >= 15 is 0 Å². The number of carboxylic acid groups (broad SMARTS) is 1. The van der Waals surface area contributed by atoms with Gasteiger partial charge in [0.15, 0.2) is 0 Å². The number of aliphatic carboxylic acids is 1. The van der Waals surface area contributed by atoms with Gasteiger partial charge in [-0.25, -0.2) is 0 Å². The number of carbonyl (C=O) groups excluding carboxylic acids is 1. The lowest BCUT2D eigenvalue weighted by atomic mass is 10.3. The van der Waals surface area contributed by atoms with Crippen LogP contribution >= 0.6 is 29.2 Å². The van der Waals surface area contributed by atoms with E-state index in [0.29, 0.717) is 0 Å². The number of carboxylic acids is 1. The van der Waals surface area contributed by atoms with E-state index in [4.69, 9.17) is 26.4 Å². The minimum atomic E-state index is -4.26. The average molecular weight is 333 g/mol. The molecule has 0 heterocycles. The third-order valence-corrected chi connectivity index (χ3v) is 4.81. The van der Waals surface area contributed by atoms with Gasteiger partial charge in [0.25, 0.3) is 0 Å². The molecule has 0 bridgehead atoms. The number of rotatable bonds is 10. The lowest BCUT2D eigenvalue weighted by Crippen LogP contribution is -2.43. The molecule has 19 heavy (non-hydrogen) atoms. The van der Waals surface area contributed by atoms with Crippen LogP contribution in [0.25, 0.3) is 0 Å². The fourth-order valence-corrected chi connectivity index (χ4v) is 3.56. The molecule has 0 aromatic carbocycles. The Kier molecular flexibility index (Phi) is 8.66. The van der Waals surface area contributed by atoms with Crippen molar-refractivity contribution in [3.8, 4) is 0 Å². The van der Waals surface area contributed by atoms with Gasteiger partial charge in [0.1, 0.15) is 6.04 Å². The van der Waals surface area contributed by atoms with Crippen LogP contribution in [0.3, 0.4) is 0 Å². The van der Waals surface area contributed by atoms with E-state index in [1.54, 1.807) is 0 Å². The number of nitrogens with two attached hydrogens (primary N) is 2. The van der Waals surface area contributed by atoms with Gasteiger partial charge in [0, 0.05) is 11.5 Å². The van der Waals surface area contributed by atoms with Crippen molar-refractivity contribution >= 4 is 41.1 Å². The predicted octanol–water partition coefficient (Wildman–Crippen LogP) is -1.64. The summed E-state index contributed by atoms with van der Waals surface area (Å²) in [5, 5.41) is 10.9. The maximum atomic E-state index is 11.0. The molecule has 0 saturated heterocycles. The molecule has 112 valence electrons. The average Bonchev–Trinajstić information content (AvgIpc) is 2.25. The number of hydrogen-bond acceptors (Lipinski definition) is 7. The molecule has 0 spiro atoms. The van der Waals surface area contributed by atoms with Gasteiger partial charge in [-0.2, -0.15) is 0 Å². The zero-order valence-corrected chi connectivity index (χ0v) is 12.3. The van der Waals surface area contributed by atoms with Crippen LogP contribution in [0, 0.1) is 0 Å². The number of amides is 1. The van der Waals surface area contributed by atoms with Gasteiger partial charge < -0.3 is 26.4 Å². The van der Waals surface area contributed by atoms with Crippen LogP contribution in [-0.2, 0) is 14.2 Å². The molecular weight excluding hydrogens is 317 g/mol. The Morgan fingerprint density at radius 3 is 2.21 bits per heavy atom. The highest BCUT2D eigenvalue weighted by molar-refractivity contribution is 8.76. The van der Waals surface area contributed by atoms with Crippen LogP contribution in [0.1, 0.15) is 0 Å². The van der Waals surface area contributed by atoms with Gasteiger partial charge >= 0.3 is 13.6 Å². The van der Waals surface area contributed by atoms with E-state index in [9.17, 15) is 14.2 Å². The van der Waals surface area contributed by atoms with Crippen molar-refractivity contribution in [1.29, 1.82) is 0 Å². The van der Waals surface area contributed by atoms with Crippen molar-refractivity contribution in [2.24, 2.45) is 11.5 Å². The summed E-state index contributed by atoms with van der Waals surface area (Å²) in [7, 11) is -1.98. The highest BCUT2D eigenvalue weighted by Gasteiger charge is 2.21. The van der Waals surface area contributed by atoms with Crippen molar-refractivity contribution in [3.63, 3.8) is 0 Å². The first kappa shape index (κ1) is 18.7. The van der Waals surface area contributed by atoms with Crippen LogP contribution in [0.4, 0.5) is 0 Å². The second-order valence-corrected chi connectivity index (χ2v) is 7.69. The lowest BCUT2D eigenvalue weighted by Gasteiger charge is -2.15. The molecular formula is C7H16N3O6PS2. The fourth-order valence-electron chi connectivity index (χ4n) is 0.780. The molecule has 2 atom stereocenters. The van der Waals surface area contributed by atoms with Crippen LogP contribution in [0.5, 0.6) is 0 Å². The Bertz CT molecular complexity index is 365. The normalized spacial score (nSPS) is 14.9. The molecule has 2 unspecified atom stereocenters. The van der Waals surface area contributed by atoms with Gasteiger partial charge in [0.2, 0.25) is 5.91 Å². The molecule has 1 amide bonds. The van der Waals surface area contributed by atoms with Crippen LogP contribution < -0.4 is 16.8 Å². The summed E-state index contributed by atoms with van der Waals surface area (Å²) >= 11 is 0. The van der Waals surface area contributed by atoms with Crippen molar-refractivity contribution < 1.29 is 29.0 Å². The summed E-state index contributed by atoms with van der Waals surface area (Å²) in [4.78, 5) is 38.8. The lowest BCUT2D eigenvalue weighted by molar-refractivity contribution is -0.137. The highest BCUT2D eigenvalue weighted by Crippen LogP contribution is 2.32. The molecule has 0 aromatic heterocycles. The highest BCUT2D eigenvalue weighted by atomic mass is 33.1. The first-order chi connectivity index (χ1) is 8.63. The van der Waals surface area contributed by atoms with E-state index in [2.05, 4.69) is 5.32 Å². The number of carbonyl (C=O) groups is 2. The third-order valence-electron chi connectivity index (χ3n) is 1.77.